The Hall–Kier alpha value is -0.510. The number of thioether (sulfide) groups is 1. The van der Waals surface area contributed by atoms with Gasteiger partial charge in [0.2, 0.25) is 0 Å². The van der Waals surface area contributed by atoms with Crippen molar-refractivity contribution in [2.75, 3.05) is 13.2 Å². The highest BCUT2D eigenvalue weighted by molar-refractivity contribution is 8.00. The van der Waals surface area contributed by atoms with Crippen LogP contribution in [0, 0.1) is 0 Å². The zero-order valence-electron chi connectivity index (χ0n) is 13.1. The Kier molecular flexibility index (Phi) is 5.25. The van der Waals surface area contributed by atoms with E-state index in [1.54, 1.807) is 0 Å². The quantitative estimate of drug-likeness (QED) is 0.788. The Morgan fingerprint density at radius 3 is 3.05 bits per heavy atom. The molecular formula is C18H27NOS. The standard InChI is InChI=1S/C18H27NOS/c1-2-10-19-14-15-5-3-6-16(12-15)21-17-7-11-20-18(13-17)8-4-9-18/h3,5-6,12,17,19H,2,4,7-11,13-14H2,1H3. The Morgan fingerprint density at radius 2 is 2.29 bits per heavy atom. The van der Waals surface area contributed by atoms with Gasteiger partial charge in [-0.15, -0.1) is 11.8 Å². The molecule has 0 aromatic heterocycles. The van der Waals surface area contributed by atoms with Gasteiger partial charge in [-0.3, -0.25) is 0 Å². The molecule has 1 saturated carbocycles. The third-order valence-corrected chi connectivity index (χ3v) is 5.93. The van der Waals surface area contributed by atoms with Crippen molar-refractivity contribution in [3.63, 3.8) is 0 Å². The van der Waals surface area contributed by atoms with Gasteiger partial charge < -0.3 is 10.1 Å². The van der Waals surface area contributed by atoms with Crippen LogP contribution in [0.15, 0.2) is 29.2 Å². The zero-order chi connectivity index (χ0) is 14.5. The molecule has 1 N–H and O–H groups in total. The van der Waals surface area contributed by atoms with E-state index in [4.69, 9.17) is 4.74 Å². The SMILES string of the molecule is CCCNCc1cccc(SC2CCOC3(CCC3)C2)c1. The molecule has 2 aliphatic rings. The molecule has 0 amide bonds. The maximum Gasteiger partial charge on any atom is 0.0693 e. The molecule has 21 heavy (non-hydrogen) atoms. The molecule has 116 valence electrons. The summed E-state index contributed by atoms with van der Waals surface area (Å²) in [6.45, 7) is 5.25. The van der Waals surface area contributed by atoms with E-state index in [1.807, 2.05) is 0 Å². The fourth-order valence-corrected chi connectivity index (χ4v) is 4.70. The number of ether oxygens (including phenoxy) is 1. The second-order valence-electron chi connectivity index (χ2n) is 6.44. The van der Waals surface area contributed by atoms with Crippen LogP contribution in [0.1, 0.15) is 51.0 Å². The summed E-state index contributed by atoms with van der Waals surface area (Å²) >= 11 is 2.06. The highest BCUT2D eigenvalue weighted by Crippen LogP contribution is 2.46. The Bertz CT molecular complexity index is 458. The molecule has 1 aliphatic heterocycles. The summed E-state index contributed by atoms with van der Waals surface area (Å²) in [7, 11) is 0. The van der Waals surface area contributed by atoms with Gasteiger partial charge in [-0.05, 0) is 62.8 Å². The minimum absolute atomic E-state index is 0.260. The van der Waals surface area contributed by atoms with Gasteiger partial charge in [-0.25, -0.2) is 0 Å². The van der Waals surface area contributed by atoms with Crippen LogP contribution in [-0.2, 0) is 11.3 Å². The van der Waals surface area contributed by atoms with Crippen LogP contribution in [0.2, 0.25) is 0 Å². The highest BCUT2D eigenvalue weighted by Gasteiger charge is 2.42. The Morgan fingerprint density at radius 1 is 1.38 bits per heavy atom. The van der Waals surface area contributed by atoms with E-state index >= 15 is 0 Å². The van der Waals surface area contributed by atoms with Crippen molar-refractivity contribution in [3.8, 4) is 0 Å². The average Bonchev–Trinajstić information content (AvgIpc) is 2.47. The molecule has 1 aromatic rings. The van der Waals surface area contributed by atoms with Crippen molar-refractivity contribution < 1.29 is 4.74 Å². The number of hydrogen-bond donors (Lipinski definition) is 1. The molecule has 1 spiro atoms. The summed E-state index contributed by atoms with van der Waals surface area (Å²) in [5, 5.41) is 4.22. The predicted octanol–water partition coefficient (Wildman–Crippen LogP) is 4.38. The predicted molar refractivity (Wildman–Crippen MR) is 89.9 cm³/mol. The van der Waals surface area contributed by atoms with Crippen molar-refractivity contribution in [1.29, 1.82) is 0 Å². The second kappa shape index (κ2) is 7.17. The lowest BCUT2D eigenvalue weighted by atomic mass is 9.75. The molecule has 1 saturated heterocycles. The van der Waals surface area contributed by atoms with Gasteiger partial charge in [0.15, 0.2) is 0 Å². The molecule has 1 atom stereocenters. The van der Waals surface area contributed by atoms with E-state index in [9.17, 15) is 0 Å². The average molecular weight is 305 g/mol. The number of nitrogens with one attached hydrogen (secondary N) is 1. The van der Waals surface area contributed by atoms with Crippen LogP contribution >= 0.6 is 11.8 Å². The van der Waals surface area contributed by atoms with Crippen molar-refractivity contribution in [3.05, 3.63) is 29.8 Å². The van der Waals surface area contributed by atoms with E-state index in [0.717, 1.165) is 24.9 Å². The molecule has 1 unspecified atom stereocenters. The van der Waals surface area contributed by atoms with E-state index in [0.29, 0.717) is 0 Å². The smallest absolute Gasteiger partial charge is 0.0693 e. The molecule has 2 nitrogen and oxygen atoms in total. The van der Waals surface area contributed by atoms with Gasteiger partial charge in [0.25, 0.3) is 0 Å². The molecule has 2 fully saturated rings. The van der Waals surface area contributed by atoms with E-state index in [1.165, 1.54) is 49.0 Å². The van der Waals surface area contributed by atoms with Crippen molar-refractivity contribution in [2.45, 2.75) is 67.7 Å². The van der Waals surface area contributed by atoms with Gasteiger partial charge >= 0.3 is 0 Å². The molecule has 0 radical (unpaired) electrons. The largest absolute Gasteiger partial charge is 0.375 e. The van der Waals surface area contributed by atoms with E-state index in [2.05, 4.69) is 48.3 Å². The molecule has 1 aromatic carbocycles. The summed E-state index contributed by atoms with van der Waals surface area (Å²) < 4.78 is 6.04. The Labute approximate surface area is 133 Å². The van der Waals surface area contributed by atoms with Crippen LogP contribution in [-0.4, -0.2) is 24.0 Å². The summed E-state index contributed by atoms with van der Waals surface area (Å²) in [6.07, 6.45) is 7.56. The summed E-state index contributed by atoms with van der Waals surface area (Å²) in [4.78, 5) is 1.42. The first-order chi connectivity index (χ1) is 10.3. The highest BCUT2D eigenvalue weighted by atomic mass is 32.2. The lowest BCUT2D eigenvalue weighted by Crippen LogP contribution is -2.46. The monoisotopic (exact) mass is 305 g/mol. The molecular weight excluding hydrogens is 278 g/mol. The van der Waals surface area contributed by atoms with Gasteiger partial charge in [0.05, 0.1) is 5.60 Å². The van der Waals surface area contributed by atoms with Crippen molar-refractivity contribution in [2.24, 2.45) is 0 Å². The number of benzene rings is 1. The summed E-state index contributed by atoms with van der Waals surface area (Å²) in [6, 6.07) is 9.04. The van der Waals surface area contributed by atoms with Crippen molar-refractivity contribution >= 4 is 11.8 Å². The van der Waals surface area contributed by atoms with Crippen LogP contribution < -0.4 is 5.32 Å². The minimum Gasteiger partial charge on any atom is -0.375 e. The summed E-state index contributed by atoms with van der Waals surface area (Å²) in [5.41, 5.74) is 1.66. The van der Waals surface area contributed by atoms with Crippen LogP contribution in [0.5, 0.6) is 0 Å². The lowest BCUT2D eigenvalue weighted by Gasteiger charge is -2.47. The molecule has 3 rings (SSSR count). The fraction of sp³-hybridized carbons (Fsp3) is 0.667. The van der Waals surface area contributed by atoms with Crippen LogP contribution in [0.4, 0.5) is 0 Å². The van der Waals surface area contributed by atoms with E-state index < -0.39 is 0 Å². The number of hydrogen-bond acceptors (Lipinski definition) is 3. The van der Waals surface area contributed by atoms with Crippen LogP contribution in [0.3, 0.4) is 0 Å². The zero-order valence-corrected chi connectivity index (χ0v) is 13.9. The number of rotatable bonds is 6. The molecule has 1 aliphatic carbocycles. The molecule has 1 heterocycles. The first-order valence-corrected chi connectivity index (χ1v) is 9.28. The van der Waals surface area contributed by atoms with Crippen LogP contribution in [0.25, 0.3) is 0 Å². The van der Waals surface area contributed by atoms with Gasteiger partial charge in [-0.2, -0.15) is 0 Å². The van der Waals surface area contributed by atoms with Gasteiger partial charge in [0, 0.05) is 23.3 Å². The summed E-state index contributed by atoms with van der Waals surface area (Å²) in [5.74, 6) is 0. The minimum atomic E-state index is 0.260. The van der Waals surface area contributed by atoms with Gasteiger partial charge in [0.1, 0.15) is 0 Å². The normalized spacial score (nSPS) is 24.0. The van der Waals surface area contributed by atoms with Crippen molar-refractivity contribution in [1.82, 2.24) is 5.32 Å². The Balaban J connectivity index is 1.55. The topological polar surface area (TPSA) is 21.3 Å². The maximum atomic E-state index is 6.04. The first-order valence-electron chi connectivity index (χ1n) is 8.40. The lowest BCUT2D eigenvalue weighted by molar-refractivity contribution is -0.125. The molecule has 3 heteroatoms. The fourth-order valence-electron chi connectivity index (χ4n) is 3.33. The van der Waals surface area contributed by atoms with E-state index in [-0.39, 0.29) is 5.60 Å². The second-order valence-corrected chi connectivity index (χ2v) is 7.82. The molecule has 0 bridgehead atoms. The third kappa shape index (κ3) is 4.02. The van der Waals surface area contributed by atoms with Gasteiger partial charge in [-0.1, -0.05) is 19.1 Å². The first kappa shape index (κ1) is 15.4. The maximum absolute atomic E-state index is 6.04. The third-order valence-electron chi connectivity index (χ3n) is 4.67.